The third-order valence-corrected chi connectivity index (χ3v) is 6.02. The molecular formula is C30H31N5O5. The molecule has 5 rings (SSSR count). The molecule has 1 aromatic carbocycles. The van der Waals surface area contributed by atoms with Crippen molar-refractivity contribution in [1.29, 1.82) is 0 Å². The van der Waals surface area contributed by atoms with Crippen molar-refractivity contribution in [2.24, 2.45) is 10.8 Å². The minimum Gasteiger partial charge on any atom is -0.423 e. The van der Waals surface area contributed by atoms with E-state index in [1.54, 1.807) is 36.4 Å². The van der Waals surface area contributed by atoms with Crippen LogP contribution in [-0.2, 0) is 12.8 Å². The normalized spacial score (nSPS) is 12.2. The molecule has 1 N–H and O–H groups in total. The zero-order valence-electron chi connectivity index (χ0n) is 23.4. The van der Waals surface area contributed by atoms with Crippen LogP contribution in [0.4, 0.5) is 5.69 Å². The van der Waals surface area contributed by atoms with E-state index in [2.05, 4.69) is 67.1 Å². The maximum Gasteiger partial charge on any atom is 0.345 e. The molecule has 40 heavy (non-hydrogen) atoms. The molecule has 0 aliphatic rings. The second-order valence-electron chi connectivity index (χ2n) is 12.3. The number of rotatable bonds is 6. The molecule has 0 saturated heterocycles. The highest BCUT2D eigenvalue weighted by Gasteiger charge is 2.21. The number of hydrogen-bond acceptors (Lipinski definition) is 9. The summed E-state index contributed by atoms with van der Waals surface area (Å²) in [6.45, 7) is 12.6. The number of fused-ring (bicyclic) bond motifs is 2. The van der Waals surface area contributed by atoms with E-state index in [1.807, 2.05) is 0 Å². The quantitative estimate of drug-likeness (QED) is 0.191. The summed E-state index contributed by atoms with van der Waals surface area (Å²) in [5, 5.41) is 12.5. The fraction of sp³-hybridized carbons (Fsp3) is 0.333. The molecule has 0 unspecified atom stereocenters. The average molecular weight is 542 g/mol. The highest BCUT2D eigenvalue weighted by atomic mass is 16.5. The molecule has 0 saturated carbocycles. The Bertz CT molecular complexity index is 1580. The lowest BCUT2D eigenvalue weighted by Crippen LogP contribution is -2.13. The minimum atomic E-state index is -0.562. The molecule has 0 spiro atoms. The number of hydrogen-bond donors (Lipinski definition) is 1. The van der Waals surface area contributed by atoms with Crippen LogP contribution in [0.25, 0.3) is 22.2 Å². The molecule has 0 aliphatic carbocycles. The smallest absolute Gasteiger partial charge is 0.345 e. The van der Waals surface area contributed by atoms with E-state index in [4.69, 9.17) is 13.8 Å². The van der Waals surface area contributed by atoms with Crippen molar-refractivity contribution in [3.8, 4) is 5.75 Å². The first-order chi connectivity index (χ1) is 18.8. The predicted octanol–water partition coefficient (Wildman–Crippen LogP) is 6.41. The predicted molar refractivity (Wildman–Crippen MR) is 149 cm³/mol. The summed E-state index contributed by atoms with van der Waals surface area (Å²) in [7, 11) is 0. The molecule has 4 heterocycles. The zero-order chi connectivity index (χ0) is 28.7. The van der Waals surface area contributed by atoms with Gasteiger partial charge in [0.1, 0.15) is 5.75 Å². The summed E-state index contributed by atoms with van der Waals surface area (Å²) >= 11 is 0. The van der Waals surface area contributed by atoms with Crippen molar-refractivity contribution in [1.82, 2.24) is 20.3 Å². The van der Waals surface area contributed by atoms with Crippen LogP contribution in [0.3, 0.4) is 0 Å². The Kier molecular flexibility index (Phi) is 6.87. The van der Waals surface area contributed by atoms with E-state index in [1.165, 1.54) is 12.4 Å². The first-order valence-corrected chi connectivity index (χ1v) is 13.0. The van der Waals surface area contributed by atoms with Crippen LogP contribution in [0.15, 0.2) is 57.8 Å². The van der Waals surface area contributed by atoms with E-state index in [9.17, 15) is 9.59 Å². The molecule has 0 fully saturated rings. The minimum absolute atomic E-state index is 0.00217. The number of carbonyl (C=O) groups excluding carboxylic acids is 2. The van der Waals surface area contributed by atoms with Crippen LogP contribution in [0, 0.1) is 10.8 Å². The first-order valence-electron chi connectivity index (χ1n) is 13.0. The van der Waals surface area contributed by atoms with Gasteiger partial charge in [-0.25, -0.2) is 14.8 Å². The summed E-state index contributed by atoms with van der Waals surface area (Å²) in [5.74, 6) is -0.572. The third kappa shape index (κ3) is 6.17. The van der Waals surface area contributed by atoms with Crippen molar-refractivity contribution in [3.63, 3.8) is 0 Å². The third-order valence-electron chi connectivity index (χ3n) is 6.02. The Morgan fingerprint density at radius 2 is 1.27 bits per heavy atom. The average Bonchev–Trinajstić information content (AvgIpc) is 3.46. The Hall–Kier alpha value is -4.60. The highest BCUT2D eigenvalue weighted by molar-refractivity contribution is 6.05. The topological polar surface area (TPSA) is 133 Å². The van der Waals surface area contributed by atoms with Gasteiger partial charge in [0.25, 0.3) is 17.3 Å². The Morgan fingerprint density at radius 1 is 0.775 bits per heavy atom. The van der Waals surface area contributed by atoms with Gasteiger partial charge in [0.2, 0.25) is 0 Å². The molecule has 0 bridgehead atoms. The van der Waals surface area contributed by atoms with E-state index in [0.717, 1.165) is 11.4 Å². The fourth-order valence-corrected chi connectivity index (χ4v) is 4.23. The highest BCUT2D eigenvalue weighted by Crippen LogP contribution is 2.28. The molecule has 5 aromatic rings. The van der Waals surface area contributed by atoms with E-state index in [0.29, 0.717) is 52.0 Å². The fourth-order valence-electron chi connectivity index (χ4n) is 4.23. The molecule has 10 nitrogen and oxygen atoms in total. The maximum absolute atomic E-state index is 12.9. The number of nitrogens with one attached hydrogen (secondary N) is 1. The molecule has 1 amide bonds. The molecule has 10 heteroatoms. The Morgan fingerprint density at radius 3 is 1.80 bits per heavy atom. The molecule has 0 atom stereocenters. The van der Waals surface area contributed by atoms with Crippen molar-refractivity contribution in [3.05, 3.63) is 71.3 Å². The van der Waals surface area contributed by atoms with Gasteiger partial charge < -0.3 is 19.1 Å². The zero-order valence-corrected chi connectivity index (χ0v) is 23.4. The number of nitrogens with zero attached hydrogens (tertiary/aromatic N) is 4. The summed E-state index contributed by atoms with van der Waals surface area (Å²) < 4.78 is 16.2. The number of aromatic nitrogens is 4. The Balaban J connectivity index is 1.26. The molecule has 0 aliphatic heterocycles. The van der Waals surface area contributed by atoms with Crippen molar-refractivity contribution in [2.45, 2.75) is 54.4 Å². The number of benzene rings is 1. The van der Waals surface area contributed by atoms with E-state index in [-0.39, 0.29) is 22.3 Å². The lowest BCUT2D eigenvalue weighted by molar-refractivity contribution is 0.0734. The number of carbonyl (C=O) groups is 2. The van der Waals surface area contributed by atoms with Gasteiger partial charge in [-0.05, 0) is 60.1 Å². The van der Waals surface area contributed by atoms with Crippen LogP contribution in [0.2, 0.25) is 0 Å². The Labute approximate surface area is 231 Å². The van der Waals surface area contributed by atoms with Crippen LogP contribution >= 0.6 is 0 Å². The summed E-state index contributed by atoms with van der Waals surface area (Å²) in [5.41, 5.74) is 3.46. The van der Waals surface area contributed by atoms with Gasteiger partial charge in [-0.3, -0.25) is 4.79 Å². The molecule has 206 valence electrons. The number of amides is 1. The van der Waals surface area contributed by atoms with Gasteiger partial charge in [-0.2, -0.15) is 0 Å². The van der Waals surface area contributed by atoms with Crippen molar-refractivity contribution >= 4 is 39.8 Å². The van der Waals surface area contributed by atoms with Crippen LogP contribution < -0.4 is 10.1 Å². The van der Waals surface area contributed by atoms with Gasteiger partial charge >= 0.3 is 5.97 Å². The molecule has 0 radical (unpaired) electrons. The van der Waals surface area contributed by atoms with Gasteiger partial charge in [0.05, 0.1) is 33.3 Å². The van der Waals surface area contributed by atoms with E-state index < -0.39 is 5.97 Å². The lowest BCUT2D eigenvalue weighted by atomic mass is 9.90. The van der Waals surface area contributed by atoms with Crippen LogP contribution in [0.1, 0.15) is 73.6 Å². The second-order valence-corrected chi connectivity index (χ2v) is 12.3. The van der Waals surface area contributed by atoms with Crippen LogP contribution in [-0.4, -0.2) is 32.2 Å². The lowest BCUT2D eigenvalue weighted by Gasteiger charge is -2.15. The first kappa shape index (κ1) is 27.0. The van der Waals surface area contributed by atoms with Gasteiger partial charge in [0.15, 0.2) is 0 Å². The van der Waals surface area contributed by atoms with Crippen molar-refractivity contribution < 1.29 is 23.4 Å². The number of esters is 1. The summed E-state index contributed by atoms with van der Waals surface area (Å²) in [6, 6.07) is 9.93. The van der Waals surface area contributed by atoms with Gasteiger partial charge in [-0.15, -0.1) is 0 Å². The largest absolute Gasteiger partial charge is 0.423 e. The summed E-state index contributed by atoms with van der Waals surface area (Å²) in [4.78, 5) is 34.2. The second kappa shape index (κ2) is 10.2. The standard InChI is InChI=1S/C30H31N5O5/c1-29(2,3)13-23-21-11-17(15-31-26(21)39-34-23)25(36)33-19-7-9-20(10-8-19)38-28(37)18-12-22-24(14-30(4,5)6)35-40-27(22)32-16-18/h7-12,15-16H,13-14H2,1-6H3,(H,33,36). The van der Waals surface area contributed by atoms with Crippen LogP contribution in [0.5, 0.6) is 5.75 Å². The van der Waals surface area contributed by atoms with E-state index >= 15 is 0 Å². The van der Waals surface area contributed by atoms with Gasteiger partial charge in [0, 0.05) is 18.1 Å². The molecular weight excluding hydrogens is 510 g/mol. The molecule has 4 aromatic heterocycles. The SMILES string of the molecule is CC(C)(C)Cc1noc2ncc(C(=O)Nc3ccc(OC(=O)c4cnc5onc(CC(C)(C)C)c5c4)cc3)cc12. The summed E-state index contributed by atoms with van der Waals surface area (Å²) in [6.07, 6.45) is 4.22. The van der Waals surface area contributed by atoms with Gasteiger partial charge in [-0.1, -0.05) is 51.9 Å². The maximum atomic E-state index is 12.9. The van der Waals surface area contributed by atoms with Crippen molar-refractivity contribution in [2.75, 3.05) is 5.32 Å². The number of anilines is 1. The number of pyridine rings is 2. The number of ether oxygens (including phenoxy) is 1. The monoisotopic (exact) mass is 541 g/mol.